The maximum atomic E-state index is 9.04. The van der Waals surface area contributed by atoms with Gasteiger partial charge in [0.05, 0.1) is 13.2 Å². The second kappa shape index (κ2) is 5.00. The predicted molar refractivity (Wildman–Crippen MR) is 68.3 cm³/mol. The van der Waals surface area contributed by atoms with Crippen LogP contribution >= 0.6 is 0 Å². The van der Waals surface area contributed by atoms with Gasteiger partial charge in [-0.05, 0) is 30.4 Å². The molecule has 1 aliphatic heterocycles. The molecule has 3 heteroatoms. The molecule has 3 nitrogen and oxygen atoms in total. The van der Waals surface area contributed by atoms with Crippen LogP contribution in [0.25, 0.3) is 0 Å². The first kappa shape index (κ1) is 12.2. The fourth-order valence-corrected chi connectivity index (χ4v) is 3.23. The first-order valence-corrected chi connectivity index (χ1v) is 6.80. The standard InChI is InChI=1S/C15H20O3/c16-7-3-6-14-10-12-4-1-2-5-13(12)11-15(14)17-8-9-18-15/h1-2,4-5,14,16H,3,6-11H2/t14-/m0/s1. The van der Waals surface area contributed by atoms with Crippen molar-refractivity contribution in [3.8, 4) is 0 Å². The Labute approximate surface area is 108 Å². The van der Waals surface area contributed by atoms with Crippen molar-refractivity contribution in [2.45, 2.75) is 31.5 Å². The van der Waals surface area contributed by atoms with Crippen LogP contribution in [0.1, 0.15) is 24.0 Å². The van der Waals surface area contributed by atoms with Gasteiger partial charge in [0.25, 0.3) is 0 Å². The molecule has 2 aliphatic rings. The first-order chi connectivity index (χ1) is 8.84. The Bertz CT molecular complexity index is 410. The van der Waals surface area contributed by atoms with Crippen LogP contribution in [0, 0.1) is 5.92 Å². The molecule has 1 spiro atoms. The number of aliphatic hydroxyl groups is 1. The zero-order valence-electron chi connectivity index (χ0n) is 10.6. The summed E-state index contributed by atoms with van der Waals surface area (Å²) in [7, 11) is 0. The van der Waals surface area contributed by atoms with E-state index < -0.39 is 5.79 Å². The summed E-state index contributed by atoms with van der Waals surface area (Å²) in [6.45, 7) is 1.63. The quantitative estimate of drug-likeness (QED) is 0.888. The van der Waals surface area contributed by atoms with E-state index in [9.17, 15) is 0 Å². The molecular weight excluding hydrogens is 228 g/mol. The Morgan fingerprint density at radius 3 is 2.61 bits per heavy atom. The third-order valence-electron chi connectivity index (χ3n) is 4.13. The van der Waals surface area contributed by atoms with Crippen molar-refractivity contribution in [3.05, 3.63) is 35.4 Å². The summed E-state index contributed by atoms with van der Waals surface area (Å²) in [5.74, 6) is -0.0641. The smallest absolute Gasteiger partial charge is 0.175 e. The molecule has 1 aromatic carbocycles. The highest BCUT2D eigenvalue weighted by molar-refractivity contribution is 5.32. The molecule has 1 aromatic rings. The van der Waals surface area contributed by atoms with Crippen molar-refractivity contribution < 1.29 is 14.6 Å². The van der Waals surface area contributed by atoms with Crippen molar-refractivity contribution in [1.29, 1.82) is 0 Å². The maximum absolute atomic E-state index is 9.04. The fraction of sp³-hybridized carbons (Fsp3) is 0.600. The van der Waals surface area contributed by atoms with Gasteiger partial charge in [-0.2, -0.15) is 0 Å². The van der Waals surface area contributed by atoms with Crippen molar-refractivity contribution in [3.63, 3.8) is 0 Å². The van der Waals surface area contributed by atoms with Gasteiger partial charge in [-0.3, -0.25) is 0 Å². The summed E-state index contributed by atoms with van der Waals surface area (Å²) in [6.07, 6.45) is 3.63. The second-order valence-electron chi connectivity index (χ2n) is 5.22. The maximum Gasteiger partial charge on any atom is 0.175 e. The van der Waals surface area contributed by atoms with Crippen LogP contribution in [0.2, 0.25) is 0 Å². The zero-order chi connectivity index (χ0) is 12.4. The fourth-order valence-electron chi connectivity index (χ4n) is 3.23. The van der Waals surface area contributed by atoms with E-state index in [1.165, 1.54) is 11.1 Å². The van der Waals surface area contributed by atoms with Crippen LogP contribution in [0.3, 0.4) is 0 Å². The molecule has 1 atom stereocenters. The molecule has 1 heterocycles. The van der Waals surface area contributed by atoms with Gasteiger partial charge >= 0.3 is 0 Å². The highest BCUT2D eigenvalue weighted by atomic mass is 16.7. The molecule has 18 heavy (non-hydrogen) atoms. The zero-order valence-corrected chi connectivity index (χ0v) is 10.6. The molecule has 1 aliphatic carbocycles. The Kier molecular flexibility index (Phi) is 3.37. The normalized spacial score (nSPS) is 25.3. The summed E-state index contributed by atoms with van der Waals surface area (Å²) in [4.78, 5) is 0. The molecule has 0 unspecified atom stereocenters. The number of aliphatic hydroxyl groups excluding tert-OH is 1. The lowest BCUT2D eigenvalue weighted by atomic mass is 9.77. The number of fused-ring (bicyclic) bond motifs is 1. The lowest BCUT2D eigenvalue weighted by molar-refractivity contribution is -0.200. The van der Waals surface area contributed by atoms with E-state index in [4.69, 9.17) is 14.6 Å². The van der Waals surface area contributed by atoms with Crippen LogP contribution in [-0.4, -0.2) is 30.7 Å². The molecule has 0 bridgehead atoms. The second-order valence-corrected chi connectivity index (χ2v) is 5.22. The monoisotopic (exact) mass is 248 g/mol. The van der Waals surface area contributed by atoms with Gasteiger partial charge in [-0.1, -0.05) is 24.3 Å². The first-order valence-electron chi connectivity index (χ1n) is 6.80. The van der Waals surface area contributed by atoms with E-state index in [0.29, 0.717) is 19.1 Å². The predicted octanol–water partition coefficient (Wildman–Crippen LogP) is 1.92. The number of benzene rings is 1. The van der Waals surface area contributed by atoms with Crippen molar-refractivity contribution in [2.75, 3.05) is 19.8 Å². The Balaban J connectivity index is 1.87. The Morgan fingerprint density at radius 2 is 1.89 bits per heavy atom. The SMILES string of the molecule is OCCC[C@H]1Cc2ccccc2CC12OCCO2. The lowest BCUT2D eigenvalue weighted by Crippen LogP contribution is -2.45. The van der Waals surface area contributed by atoms with E-state index in [2.05, 4.69) is 24.3 Å². The number of rotatable bonds is 3. The minimum Gasteiger partial charge on any atom is -0.396 e. The van der Waals surface area contributed by atoms with Gasteiger partial charge in [0.15, 0.2) is 5.79 Å². The van der Waals surface area contributed by atoms with Crippen LogP contribution < -0.4 is 0 Å². The highest BCUT2D eigenvalue weighted by Gasteiger charge is 2.46. The largest absolute Gasteiger partial charge is 0.396 e. The molecule has 0 radical (unpaired) electrons. The number of hydrogen-bond acceptors (Lipinski definition) is 3. The minimum atomic E-state index is -0.427. The van der Waals surface area contributed by atoms with E-state index >= 15 is 0 Å². The van der Waals surface area contributed by atoms with Gasteiger partial charge in [0, 0.05) is 18.9 Å². The Hall–Kier alpha value is -0.900. The molecule has 1 N–H and O–H groups in total. The third-order valence-corrected chi connectivity index (χ3v) is 4.13. The number of hydrogen-bond donors (Lipinski definition) is 1. The van der Waals surface area contributed by atoms with Gasteiger partial charge in [-0.25, -0.2) is 0 Å². The van der Waals surface area contributed by atoms with Gasteiger partial charge in [-0.15, -0.1) is 0 Å². The van der Waals surface area contributed by atoms with Crippen molar-refractivity contribution in [1.82, 2.24) is 0 Å². The summed E-state index contributed by atoms with van der Waals surface area (Å²) in [5.41, 5.74) is 2.75. The van der Waals surface area contributed by atoms with E-state index in [1.54, 1.807) is 0 Å². The average Bonchev–Trinajstić information content (AvgIpc) is 2.85. The minimum absolute atomic E-state index is 0.244. The van der Waals surface area contributed by atoms with Crippen LogP contribution in [0.4, 0.5) is 0 Å². The topological polar surface area (TPSA) is 38.7 Å². The Morgan fingerprint density at radius 1 is 1.17 bits per heavy atom. The highest BCUT2D eigenvalue weighted by Crippen LogP contribution is 2.41. The molecule has 1 saturated heterocycles. The average molecular weight is 248 g/mol. The van der Waals surface area contributed by atoms with Gasteiger partial charge in [0.2, 0.25) is 0 Å². The lowest BCUT2D eigenvalue weighted by Gasteiger charge is -2.40. The van der Waals surface area contributed by atoms with Crippen LogP contribution in [-0.2, 0) is 22.3 Å². The van der Waals surface area contributed by atoms with Crippen molar-refractivity contribution >= 4 is 0 Å². The molecule has 3 rings (SSSR count). The molecular formula is C15H20O3. The third kappa shape index (κ3) is 2.07. The van der Waals surface area contributed by atoms with E-state index in [0.717, 1.165) is 25.7 Å². The summed E-state index contributed by atoms with van der Waals surface area (Å²) in [6, 6.07) is 8.54. The van der Waals surface area contributed by atoms with Crippen LogP contribution in [0.15, 0.2) is 24.3 Å². The van der Waals surface area contributed by atoms with Crippen LogP contribution in [0.5, 0.6) is 0 Å². The van der Waals surface area contributed by atoms with Crippen molar-refractivity contribution in [2.24, 2.45) is 5.92 Å². The van der Waals surface area contributed by atoms with Gasteiger partial charge in [0.1, 0.15) is 0 Å². The summed E-state index contributed by atoms with van der Waals surface area (Å²) >= 11 is 0. The molecule has 0 saturated carbocycles. The van der Waals surface area contributed by atoms with E-state index in [-0.39, 0.29) is 6.61 Å². The van der Waals surface area contributed by atoms with E-state index in [1.807, 2.05) is 0 Å². The van der Waals surface area contributed by atoms with Gasteiger partial charge < -0.3 is 14.6 Å². The number of ether oxygens (including phenoxy) is 2. The molecule has 98 valence electrons. The molecule has 0 amide bonds. The summed E-state index contributed by atoms with van der Waals surface area (Å²) in [5, 5.41) is 9.04. The molecule has 0 aromatic heterocycles. The summed E-state index contributed by atoms with van der Waals surface area (Å²) < 4.78 is 11.9. The molecule has 1 fully saturated rings.